The molecule has 0 saturated carbocycles. The molecule has 1 amide bonds. The first-order chi connectivity index (χ1) is 9.74. The van der Waals surface area contributed by atoms with Crippen molar-refractivity contribution in [1.82, 2.24) is 18.6 Å². The summed E-state index contributed by atoms with van der Waals surface area (Å²) in [5.41, 5.74) is 1.50. The third-order valence-corrected chi connectivity index (χ3v) is 4.74. The van der Waals surface area contributed by atoms with Gasteiger partial charge in [-0.25, -0.2) is 4.98 Å². The van der Waals surface area contributed by atoms with Crippen LogP contribution in [0.1, 0.15) is 22.6 Å². The maximum Gasteiger partial charge on any atom is 0.275 e. The van der Waals surface area contributed by atoms with Gasteiger partial charge in [-0.2, -0.15) is 8.75 Å². The Bertz CT molecular complexity index is 582. The van der Waals surface area contributed by atoms with Crippen LogP contribution in [0.15, 0.2) is 11.6 Å². The largest absolute Gasteiger partial charge is 0.346 e. The van der Waals surface area contributed by atoms with Crippen molar-refractivity contribution in [3.05, 3.63) is 23.0 Å². The van der Waals surface area contributed by atoms with E-state index in [4.69, 9.17) is 0 Å². The highest BCUT2D eigenvalue weighted by Gasteiger charge is 2.22. The molecule has 1 aliphatic rings. The molecule has 2 aromatic rings. The molecule has 0 aromatic carbocycles. The van der Waals surface area contributed by atoms with Gasteiger partial charge in [0.1, 0.15) is 0 Å². The number of hydrogen-bond donors (Lipinski definition) is 0. The molecular weight excluding hydrogens is 294 g/mol. The molecule has 20 heavy (non-hydrogen) atoms. The van der Waals surface area contributed by atoms with Gasteiger partial charge in [0.25, 0.3) is 5.91 Å². The highest BCUT2D eigenvalue weighted by atomic mass is 32.1. The van der Waals surface area contributed by atoms with Crippen LogP contribution >= 0.6 is 23.1 Å². The lowest BCUT2D eigenvalue weighted by Gasteiger charge is -2.20. The Balaban J connectivity index is 1.66. The summed E-state index contributed by atoms with van der Waals surface area (Å²) in [5.74, 6) is -0.0177. The van der Waals surface area contributed by atoms with Crippen LogP contribution in [0, 0.1) is 6.92 Å². The minimum Gasteiger partial charge on any atom is -0.346 e. The normalized spacial score (nSPS) is 16.2. The number of carbonyl (C=O) groups is 1. The average Bonchev–Trinajstić information content (AvgIpc) is 3.05. The summed E-state index contributed by atoms with van der Waals surface area (Å²) in [5, 5.41) is 3.11. The first-order valence-corrected chi connectivity index (χ1v) is 8.09. The Morgan fingerprint density at radius 2 is 2.20 bits per heavy atom. The van der Waals surface area contributed by atoms with Crippen molar-refractivity contribution >= 4 is 34.1 Å². The number of carbonyl (C=O) groups excluding carboxylic acids is 1. The molecular formula is C12H15N5OS2. The van der Waals surface area contributed by atoms with Gasteiger partial charge >= 0.3 is 0 Å². The molecule has 8 heteroatoms. The van der Waals surface area contributed by atoms with Crippen LogP contribution in [0.4, 0.5) is 5.13 Å². The smallest absolute Gasteiger partial charge is 0.275 e. The van der Waals surface area contributed by atoms with Gasteiger partial charge in [0, 0.05) is 31.6 Å². The molecule has 0 radical (unpaired) electrons. The Morgan fingerprint density at radius 1 is 1.30 bits per heavy atom. The number of rotatable bonds is 2. The van der Waals surface area contributed by atoms with Crippen molar-refractivity contribution in [1.29, 1.82) is 0 Å². The van der Waals surface area contributed by atoms with Crippen molar-refractivity contribution in [2.24, 2.45) is 0 Å². The molecule has 0 bridgehead atoms. The van der Waals surface area contributed by atoms with Crippen molar-refractivity contribution in [2.45, 2.75) is 13.3 Å². The standard InChI is InChI=1S/C12H15N5OS2/c1-9-8-19-12(14-9)17-4-2-3-16(5-6-17)11(18)10-7-13-20-15-10/h7-8H,2-6H2,1H3. The maximum absolute atomic E-state index is 12.3. The molecule has 0 aliphatic carbocycles. The second-order valence-electron chi connectivity index (χ2n) is 4.70. The SMILES string of the molecule is Cc1csc(N2CCCN(C(=O)c3cnsn3)CC2)n1. The summed E-state index contributed by atoms with van der Waals surface area (Å²) in [6.07, 6.45) is 2.49. The zero-order valence-electron chi connectivity index (χ0n) is 11.2. The molecule has 2 aromatic heterocycles. The van der Waals surface area contributed by atoms with Gasteiger partial charge in [0.05, 0.1) is 23.6 Å². The molecule has 0 unspecified atom stereocenters. The molecule has 0 spiro atoms. The van der Waals surface area contributed by atoms with Gasteiger partial charge < -0.3 is 9.80 Å². The Morgan fingerprint density at radius 3 is 2.90 bits per heavy atom. The number of aryl methyl sites for hydroxylation is 1. The summed E-state index contributed by atoms with van der Waals surface area (Å²) in [6.45, 7) is 5.22. The second-order valence-corrected chi connectivity index (χ2v) is 6.09. The molecule has 106 valence electrons. The van der Waals surface area contributed by atoms with E-state index in [2.05, 4.69) is 24.0 Å². The second kappa shape index (κ2) is 5.84. The zero-order chi connectivity index (χ0) is 13.9. The quantitative estimate of drug-likeness (QED) is 0.844. The van der Waals surface area contributed by atoms with Crippen LogP contribution in [-0.4, -0.2) is 50.7 Å². The van der Waals surface area contributed by atoms with E-state index in [0.717, 1.165) is 48.6 Å². The number of amides is 1. The summed E-state index contributed by atoms with van der Waals surface area (Å²) in [6, 6.07) is 0. The van der Waals surface area contributed by atoms with E-state index >= 15 is 0 Å². The lowest BCUT2D eigenvalue weighted by atomic mass is 10.3. The Labute approximate surface area is 125 Å². The molecule has 1 saturated heterocycles. The minimum atomic E-state index is -0.0177. The van der Waals surface area contributed by atoms with E-state index in [1.807, 2.05) is 11.8 Å². The first-order valence-electron chi connectivity index (χ1n) is 6.48. The number of nitrogens with zero attached hydrogens (tertiary/aromatic N) is 5. The highest BCUT2D eigenvalue weighted by molar-refractivity contribution is 7.13. The fourth-order valence-corrected chi connectivity index (χ4v) is 3.48. The lowest BCUT2D eigenvalue weighted by Crippen LogP contribution is -2.35. The summed E-state index contributed by atoms with van der Waals surface area (Å²) < 4.78 is 7.91. The predicted molar refractivity (Wildman–Crippen MR) is 79.5 cm³/mol. The van der Waals surface area contributed by atoms with E-state index in [9.17, 15) is 4.79 Å². The van der Waals surface area contributed by atoms with Crippen molar-refractivity contribution in [3.8, 4) is 0 Å². The number of aromatic nitrogens is 3. The first kappa shape index (κ1) is 13.4. The van der Waals surface area contributed by atoms with Crippen molar-refractivity contribution in [3.63, 3.8) is 0 Å². The predicted octanol–water partition coefficient (Wildman–Crippen LogP) is 1.66. The molecule has 0 atom stereocenters. The number of thiazole rings is 1. The monoisotopic (exact) mass is 309 g/mol. The Kier molecular flexibility index (Phi) is 3.93. The van der Waals surface area contributed by atoms with Gasteiger partial charge in [-0.05, 0) is 13.3 Å². The molecule has 6 nitrogen and oxygen atoms in total. The topological polar surface area (TPSA) is 62.2 Å². The van der Waals surface area contributed by atoms with Crippen molar-refractivity contribution in [2.75, 3.05) is 31.1 Å². The van der Waals surface area contributed by atoms with Crippen LogP contribution in [-0.2, 0) is 0 Å². The fourth-order valence-electron chi connectivity index (χ4n) is 2.22. The minimum absolute atomic E-state index is 0.0177. The van der Waals surface area contributed by atoms with Crippen molar-refractivity contribution < 1.29 is 4.79 Å². The third-order valence-electron chi connectivity index (χ3n) is 3.24. The fraction of sp³-hybridized carbons (Fsp3) is 0.500. The highest BCUT2D eigenvalue weighted by Crippen LogP contribution is 2.21. The van der Waals surface area contributed by atoms with Crippen LogP contribution in [0.25, 0.3) is 0 Å². The van der Waals surface area contributed by atoms with E-state index in [-0.39, 0.29) is 5.91 Å². The maximum atomic E-state index is 12.3. The number of hydrogen-bond acceptors (Lipinski definition) is 7. The summed E-state index contributed by atoms with van der Waals surface area (Å²) in [7, 11) is 0. The lowest BCUT2D eigenvalue weighted by molar-refractivity contribution is 0.0762. The molecule has 0 N–H and O–H groups in total. The van der Waals surface area contributed by atoms with Crippen LogP contribution in [0.2, 0.25) is 0 Å². The van der Waals surface area contributed by atoms with Gasteiger partial charge in [-0.1, -0.05) is 0 Å². The van der Waals surface area contributed by atoms with E-state index in [1.165, 1.54) is 0 Å². The van der Waals surface area contributed by atoms with Gasteiger partial charge in [-0.3, -0.25) is 4.79 Å². The van der Waals surface area contributed by atoms with E-state index in [1.54, 1.807) is 17.5 Å². The summed E-state index contributed by atoms with van der Waals surface area (Å²) >= 11 is 2.73. The van der Waals surface area contributed by atoms with Gasteiger partial charge in [0.2, 0.25) is 0 Å². The third kappa shape index (κ3) is 2.80. The molecule has 1 aliphatic heterocycles. The Hall–Kier alpha value is -1.54. The summed E-state index contributed by atoms with van der Waals surface area (Å²) in [4.78, 5) is 20.9. The number of anilines is 1. The average molecular weight is 309 g/mol. The van der Waals surface area contributed by atoms with Crippen LogP contribution < -0.4 is 4.90 Å². The van der Waals surface area contributed by atoms with Crippen LogP contribution in [0.5, 0.6) is 0 Å². The van der Waals surface area contributed by atoms with Gasteiger partial charge in [-0.15, -0.1) is 11.3 Å². The van der Waals surface area contributed by atoms with Gasteiger partial charge in [0.15, 0.2) is 10.8 Å². The molecule has 1 fully saturated rings. The van der Waals surface area contributed by atoms with Crippen LogP contribution in [0.3, 0.4) is 0 Å². The molecule has 3 heterocycles. The van der Waals surface area contributed by atoms with E-state index < -0.39 is 0 Å². The molecule has 3 rings (SSSR count). The van der Waals surface area contributed by atoms with E-state index in [0.29, 0.717) is 12.2 Å². The zero-order valence-corrected chi connectivity index (χ0v) is 12.8.